The molecule has 0 aromatic rings. The van der Waals surface area contributed by atoms with Gasteiger partial charge in [0.15, 0.2) is 0 Å². The zero-order valence-corrected chi connectivity index (χ0v) is 11.1. The number of rotatable bonds is 5. The minimum atomic E-state index is 1.02. The van der Waals surface area contributed by atoms with Crippen LogP contribution >= 0.6 is 15.9 Å². The van der Waals surface area contributed by atoms with Gasteiger partial charge in [0.2, 0.25) is 0 Å². The molecular formula is C12H24BrN. The van der Waals surface area contributed by atoms with Crippen LogP contribution in [0.1, 0.15) is 45.4 Å². The van der Waals surface area contributed by atoms with Crippen molar-refractivity contribution in [2.24, 2.45) is 5.92 Å². The zero-order valence-electron chi connectivity index (χ0n) is 9.47. The molecule has 1 fully saturated rings. The van der Waals surface area contributed by atoms with E-state index in [1.54, 1.807) is 0 Å². The normalized spacial score (nSPS) is 24.9. The van der Waals surface area contributed by atoms with Crippen LogP contribution in [0.5, 0.6) is 0 Å². The highest BCUT2D eigenvalue weighted by Gasteiger charge is 2.15. The molecule has 0 N–H and O–H groups in total. The smallest absolute Gasteiger partial charge is 0.00434 e. The van der Waals surface area contributed by atoms with Crippen LogP contribution in [0.4, 0.5) is 0 Å². The topological polar surface area (TPSA) is 3.24 Å². The molecule has 0 aromatic heterocycles. The first-order valence-corrected chi connectivity index (χ1v) is 7.27. The van der Waals surface area contributed by atoms with E-state index in [4.69, 9.17) is 0 Å². The van der Waals surface area contributed by atoms with E-state index in [9.17, 15) is 0 Å². The van der Waals surface area contributed by atoms with Gasteiger partial charge in [-0.1, -0.05) is 35.7 Å². The quantitative estimate of drug-likeness (QED) is 0.683. The standard InChI is InChI=1S/C12H24BrN/c1-2-5-12-6-3-9-14(11-7-12)10-4-8-13/h12H,2-11H2,1H3. The van der Waals surface area contributed by atoms with E-state index < -0.39 is 0 Å². The van der Waals surface area contributed by atoms with E-state index in [2.05, 4.69) is 27.8 Å². The summed E-state index contributed by atoms with van der Waals surface area (Å²) in [5.74, 6) is 1.02. The molecule has 1 unspecified atom stereocenters. The lowest BCUT2D eigenvalue weighted by molar-refractivity contribution is 0.281. The van der Waals surface area contributed by atoms with Gasteiger partial charge >= 0.3 is 0 Å². The van der Waals surface area contributed by atoms with Crippen molar-refractivity contribution in [2.75, 3.05) is 25.0 Å². The van der Waals surface area contributed by atoms with E-state index in [1.807, 2.05) is 0 Å². The Kier molecular flexibility index (Phi) is 6.88. The fraction of sp³-hybridized carbons (Fsp3) is 1.00. The van der Waals surface area contributed by atoms with Gasteiger partial charge in [-0.3, -0.25) is 0 Å². The lowest BCUT2D eigenvalue weighted by Gasteiger charge is -2.19. The number of hydrogen-bond donors (Lipinski definition) is 0. The fourth-order valence-electron chi connectivity index (χ4n) is 2.43. The number of likely N-dealkylation sites (tertiary alicyclic amines) is 1. The second-order valence-electron chi connectivity index (χ2n) is 4.47. The van der Waals surface area contributed by atoms with Crippen LogP contribution in [0, 0.1) is 5.92 Å². The lowest BCUT2D eigenvalue weighted by Crippen LogP contribution is -2.26. The molecule has 0 aliphatic carbocycles. The highest BCUT2D eigenvalue weighted by atomic mass is 79.9. The first-order chi connectivity index (χ1) is 6.86. The summed E-state index contributed by atoms with van der Waals surface area (Å²) in [5.41, 5.74) is 0. The van der Waals surface area contributed by atoms with Gasteiger partial charge in [-0.05, 0) is 51.2 Å². The molecule has 84 valence electrons. The summed E-state index contributed by atoms with van der Waals surface area (Å²) >= 11 is 3.51. The Bertz CT molecular complexity index is 138. The third-order valence-corrected chi connectivity index (χ3v) is 3.81. The van der Waals surface area contributed by atoms with Crippen LogP contribution in [-0.4, -0.2) is 29.9 Å². The Hall–Kier alpha value is 0.440. The van der Waals surface area contributed by atoms with E-state index in [1.165, 1.54) is 58.2 Å². The first-order valence-electron chi connectivity index (χ1n) is 6.15. The summed E-state index contributed by atoms with van der Waals surface area (Å²) < 4.78 is 0. The predicted octanol–water partition coefficient (Wildman–Crippen LogP) is 3.67. The molecule has 0 bridgehead atoms. The average Bonchev–Trinajstić information content (AvgIpc) is 2.41. The maximum Gasteiger partial charge on any atom is 0.00434 e. The van der Waals surface area contributed by atoms with Gasteiger partial charge in [-0.15, -0.1) is 0 Å². The molecule has 1 saturated heterocycles. The van der Waals surface area contributed by atoms with Crippen LogP contribution < -0.4 is 0 Å². The Balaban J connectivity index is 2.19. The maximum atomic E-state index is 3.51. The third kappa shape index (κ3) is 4.79. The molecule has 0 radical (unpaired) electrons. The molecule has 1 aliphatic heterocycles. The molecule has 1 heterocycles. The summed E-state index contributed by atoms with van der Waals surface area (Å²) in [6.07, 6.45) is 8.46. The van der Waals surface area contributed by atoms with Crippen molar-refractivity contribution < 1.29 is 0 Å². The van der Waals surface area contributed by atoms with Crippen LogP contribution in [-0.2, 0) is 0 Å². The van der Waals surface area contributed by atoms with Crippen LogP contribution in [0.15, 0.2) is 0 Å². The van der Waals surface area contributed by atoms with E-state index in [-0.39, 0.29) is 0 Å². The first kappa shape index (κ1) is 12.5. The Morgan fingerprint density at radius 2 is 2.14 bits per heavy atom. The van der Waals surface area contributed by atoms with Crippen LogP contribution in [0.2, 0.25) is 0 Å². The molecule has 1 atom stereocenters. The summed E-state index contributed by atoms with van der Waals surface area (Å²) in [4.78, 5) is 2.65. The SMILES string of the molecule is CCCC1CCCN(CCCBr)CC1. The highest BCUT2D eigenvalue weighted by molar-refractivity contribution is 9.09. The van der Waals surface area contributed by atoms with Crippen molar-refractivity contribution in [3.8, 4) is 0 Å². The summed E-state index contributed by atoms with van der Waals surface area (Å²) in [6, 6.07) is 0. The molecule has 0 spiro atoms. The highest BCUT2D eigenvalue weighted by Crippen LogP contribution is 2.21. The molecule has 14 heavy (non-hydrogen) atoms. The summed E-state index contributed by atoms with van der Waals surface area (Å²) in [7, 11) is 0. The van der Waals surface area contributed by atoms with Crippen LogP contribution in [0.25, 0.3) is 0 Å². The molecule has 0 aromatic carbocycles. The van der Waals surface area contributed by atoms with Crippen molar-refractivity contribution in [2.45, 2.75) is 45.4 Å². The number of alkyl halides is 1. The molecule has 0 saturated carbocycles. The van der Waals surface area contributed by atoms with Gasteiger partial charge in [-0.25, -0.2) is 0 Å². The fourth-order valence-corrected chi connectivity index (χ4v) is 2.68. The second-order valence-corrected chi connectivity index (χ2v) is 5.26. The van der Waals surface area contributed by atoms with Gasteiger partial charge in [0.1, 0.15) is 0 Å². The molecule has 0 amide bonds. The third-order valence-electron chi connectivity index (χ3n) is 3.25. The van der Waals surface area contributed by atoms with Crippen molar-refractivity contribution in [1.82, 2.24) is 4.90 Å². The van der Waals surface area contributed by atoms with Gasteiger partial charge in [0.05, 0.1) is 0 Å². The number of nitrogens with zero attached hydrogens (tertiary/aromatic N) is 1. The predicted molar refractivity (Wildman–Crippen MR) is 67.1 cm³/mol. The van der Waals surface area contributed by atoms with Gasteiger partial charge in [-0.2, -0.15) is 0 Å². The van der Waals surface area contributed by atoms with Gasteiger partial charge < -0.3 is 4.90 Å². The maximum absolute atomic E-state index is 3.51. The Morgan fingerprint density at radius 3 is 2.86 bits per heavy atom. The molecule has 1 rings (SSSR count). The summed E-state index contributed by atoms with van der Waals surface area (Å²) in [6.45, 7) is 6.29. The number of hydrogen-bond acceptors (Lipinski definition) is 1. The van der Waals surface area contributed by atoms with Crippen LogP contribution in [0.3, 0.4) is 0 Å². The molecule has 2 heteroatoms. The summed E-state index contributed by atoms with van der Waals surface area (Å²) in [5, 5.41) is 1.15. The molecule has 1 aliphatic rings. The van der Waals surface area contributed by atoms with E-state index in [0.29, 0.717) is 0 Å². The van der Waals surface area contributed by atoms with E-state index >= 15 is 0 Å². The molecule has 1 nitrogen and oxygen atoms in total. The van der Waals surface area contributed by atoms with Crippen molar-refractivity contribution in [3.05, 3.63) is 0 Å². The second kappa shape index (κ2) is 7.70. The Morgan fingerprint density at radius 1 is 1.29 bits per heavy atom. The number of halogens is 1. The van der Waals surface area contributed by atoms with Crippen molar-refractivity contribution in [3.63, 3.8) is 0 Å². The largest absolute Gasteiger partial charge is 0.303 e. The van der Waals surface area contributed by atoms with Gasteiger partial charge in [0.25, 0.3) is 0 Å². The lowest BCUT2D eigenvalue weighted by atomic mass is 9.96. The zero-order chi connectivity index (χ0) is 10.2. The molecular weight excluding hydrogens is 238 g/mol. The van der Waals surface area contributed by atoms with Crippen molar-refractivity contribution in [1.29, 1.82) is 0 Å². The minimum absolute atomic E-state index is 1.02. The van der Waals surface area contributed by atoms with Crippen molar-refractivity contribution >= 4 is 15.9 Å². The van der Waals surface area contributed by atoms with Gasteiger partial charge in [0, 0.05) is 5.33 Å². The monoisotopic (exact) mass is 261 g/mol. The average molecular weight is 262 g/mol. The van der Waals surface area contributed by atoms with E-state index in [0.717, 1.165) is 11.2 Å². The Labute approximate surface area is 97.4 Å². The minimum Gasteiger partial charge on any atom is -0.303 e.